The molecule has 1 saturated carbocycles. The van der Waals surface area contributed by atoms with Gasteiger partial charge in [-0.1, -0.05) is 32.6 Å². The second kappa shape index (κ2) is 7.30. The number of thiophene rings is 1. The third kappa shape index (κ3) is 3.18. The van der Waals surface area contributed by atoms with Crippen molar-refractivity contribution in [2.75, 3.05) is 6.54 Å². The molecule has 0 aromatic carbocycles. The number of amides is 2. The maximum absolute atomic E-state index is 13.4. The lowest BCUT2D eigenvalue weighted by atomic mass is 9.93. The molecule has 2 aliphatic rings. The van der Waals surface area contributed by atoms with Crippen LogP contribution in [0.1, 0.15) is 69.3 Å². The summed E-state index contributed by atoms with van der Waals surface area (Å²) in [6, 6.07) is 4.27. The Balaban J connectivity index is 1.66. The van der Waals surface area contributed by atoms with Gasteiger partial charge in [-0.15, -0.1) is 11.3 Å². The number of carbonyl (C=O) groups excluding carboxylic acids is 2. The largest absolute Gasteiger partial charge is 0.351 e. The van der Waals surface area contributed by atoms with Crippen molar-refractivity contribution in [1.82, 2.24) is 14.8 Å². The van der Waals surface area contributed by atoms with E-state index in [1.54, 1.807) is 16.2 Å². The van der Waals surface area contributed by atoms with Crippen LogP contribution in [-0.2, 0) is 11.3 Å². The van der Waals surface area contributed by atoms with Gasteiger partial charge >= 0.3 is 0 Å². The van der Waals surface area contributed by atoms with Crippen molar-refractivity contribution >= 4 is 33.4 Å². The quantitative estimate of drug-likeness (QED) is 0.801. The molecule has 1 aliphatic heterocycles. The number of nitrogens with one attached hydrogen (secondary N) is 1. The Bertz CT molecular complexity index is 847. The van der Waals surface area contributed by atoms with E-state index in [2.05, 4.69) is 18.3 Å². The number of rotatable bonds is 4. The molecular weight excluding hydrogens is 358 g/mol. The van der Waals surface area contributed by atoms with Crippen molar-refractivity contribution in [3.05, 3.63) is 23.2 Å². The minimum absolute atomic E-state index is 0.000991. The van der Waals surface area contributed by atoms with Crippen molar-refractivity contribution in [3.8, 4) is 0 Å². The molecule has 27 heavy (non-hydrogen) atoms. The first kappa shape index (κ1) is 18.5. The molecule has 2 aromatic heterocycles. The summed E-state index contributed by atoms with van der Waals surface area (Å²) in [7, 11) is 0. The predicted octanol–water partition coefficient (Wildman–Crippen LogP) is 4.17. The van der Waals surface area contributed by atoms with Crippen LogP contribution >= 0.6 is 11.3 Å². The average Bonchev–Trinajstić information content (AvgIpc) is 3.13. The molecule has 4 rings (SSSR count). The third-order valence-corrected chi connectivity index (χ3v) is 7.03. The van der Waals surface area contributed by atoms with Crippen molar-refractivity contribution in [3.63, 3.8) is 0 Å². The second-order valence-electron chi connectivity index (χ2n) is 8.18. The van der Waals surface area contributed by atoms with E-state index in [-0.39, 0.29) is 17.9 Å². The molecule has 1 atom stereocenters. The molecule has 0 bridgehead atoms. The molecule has 6 heteroatoms. The van der Waals surface area contributed by atoms with E-state index in [1.165, 1.54) is 25.7 Å². The number of hydrogen-bond donors (Lipinski definition) is 1. The SMILES string of the molecule is CCCN1C(=O)c2cc3sccc3n2C[C@@]1(C)C(=O)NC1CCCCCC1. The second-order valence-corrected chi connectivity index (χ2v) is 9.13. The molecule has 2 aromatic rings. The van der Waals surface area contributed by atoms with Crippen LogP contribution in [0.15, 0.2) is 17.5 Å². The molecule has 3 heterocycles. The summed E-state index contributed by atoms with van der Waals surface area (Å²) in [5, 5.41) is 5.34. The summed E-state index contributed by atoms with van der Waals surface area (Å²) in [6.45, 7) is 5.12. The summed E-state index contributed by atoms with van der Waals surface area (Å²) >= 11 is 1.64. The molecule has 0 saturated heterocycles. The van der Waals surface area contributed by atoms with Crippen molar-refractivity contribution in [2.45, 2.75) is 76.9 Å². The minimum atomic E-state index is -0.847. The van der Waals surface area contributed by atoms with Crippen LogP contribution in [0, 0.1) is 0 Å². The van der Waals surface area contributed by atoms with Gasteiger partial charge in [0.05, 0.1) is 16.8 Å². The Morgan fingerprint density at radius 2 is 2.04 bits per heavy atom. The topological polar surface area (TPSA) is 54.3 Å². The van der Waals surface area contributed by atoms with E-state index in [0.717, 1.165) is 29.5 Å². The van der Waals surface area contributed by atoms with Crippen LogP contribution in [0.2, 0.25) is 0 Å². The Labute approximate surface area is 164 Å². The maximum Gasteiger partial charge on any atom is 0.271 e. The van der Waals surface area contributed by atoms with Crippen molar-refractivity contribution < 1.29 is 9.59 Å². The lowest BCUT2D eigenvalue weighted by Gasteiger charge is -2.44. The van der Waals surface area contributed by atoms with E-state index in [1.807, 2.05) is 22.9 Å². The molecule has 1 N–H and O–H groups in total. The van der Waals surface area contributed by atoms with Crippen LogP contribution < -0.4 is 5.32 Å². The van der Waals surface area contributed by atoms with Crippen molar-refractivity contribution in [2.24, 2.45) is 0 Å². The smallest absolute Gasteiger partial charge is 0.271 e. The Hall–Kier alpha value is -1.82. The van der Waals surface area contributed by atoms with Gasteiger partial charge in [0.25, 0.3) is 5.91 Å². The number of aromatic nitrogens is 1. The summed E-state index contributed by atoms with van der Waals surface area (Å²) < 4.78 is 3.16. The monoisotopic (exact) mass is 387 g/mol. The summed E-state index contributed by atoms with van der Waals surface area (Å²) in [5.74, 6) is -0.0241. The molecule has 1 fully saturated rings. The number of nitrogens with zero attached hydrogens (tertiary/aromatic N) is 2. The molecule has 146 valence electrons. The van der Waals surface area contributed by atoms with Gasteiger partial charge in [0.1, 0.15) is 11.2 Å². The minimum Gasteiger partial charge on any atom is -0.351 e. The normalized spacial score (nSPS) is 24.1. The number of hydrogen-bond acceptors (Lipinski definition) is 3. The third-order valence-electron chi connectivity index (χ3n) is 6.18. The van der Waals surface area contributed by atoms with Crippen LogP contribution in [0.5, 0.6) is 0 Å². The molecule has 0 radical (unpaired) electrons. The van der Waals surface area contributed by atoms with E-state index in [4.69, 9.17) is 0 Å². The highest BCUT2D eigenvalue weighted by Crippen LogP contribution is 2.34. The van der Waals surface area contributed by atoms with Crippen LogP contribution in [0.3, 0.4) is 0 Å². The Kier molecular flexibility index (Phi) is 5.01. The number of carbonyl (C=O) groups is 2. The molecule has 0 spiro atoms. The van der Waals surface area contributed by atoms with Crippen LogP contribution in [0.4, 0.5) is 0 Å². The Morgan fingerprint density at radius 1 is 1.30 bits per heavy atom. The van der Waals surface area contributed by atoms with Crippen molar-refractivity contribution in [1.29, 1.82) is 0 Å². The van der Waals surface area contributed by atoms with Gasteiger partial charge in [0.2, 0.25) is 5.91 Å². The fraction of sp³-hybridized carbons (Fsp3) is 0.619. The highest BCUT2D eigenvalue weighted by molar-refractivity contribution is 7.17. The standard InChI is InChI=1S/C21H29N3O2S/c1-3-11-24-19(25)17-13-18-16(10-12-27-18)23(17)14-21(24,2)20(26)22-15-8-6-4-5-7-9-15/h10,12-13,15H,3-9,11,14H2,1-2H3,(H,22,26)/t21-/m0/s1. The highest BCUT2D eigenvalue weighted by atomic mass is 32.1. The number of fused-ring (bicyclic) bond motifs is 3. The van der Waals surface area contributed by atoms with E-state index in [0.29, 0.717) is 18.8 Å². The van der Waals surface area contributed by atoms with Crippen LogP contribution in [-0.4, -0.2) is 39.4 Å². The van der Waals surface area contributed by atoms with E-state index in [9.17, 15) is 9.59 Å². The summed E-state index contributed by atoms with van der Waals surface area (Å²) in [5.41, 5.74) is 0.929. The molecule has 5 nitrogen and oxygen atoms in total. The zero-order valence-corrected chi connectivity index (χ0v) is 17.1. The zero-order chi connectivity index (χ0) is 19.0. The van der Waals surface area contributed by atoms with Gasteiger partial charge in [-0.05, 0) is 43.7 Å². The van der Waals surface area contributed by atoms with Gasteiger partial charge < -0.3 is 14.8 Å². The van der Waals surface area contributed by atoms with Gasteiger partial charge in [-0.2, -0.15) is 0 Å². The van der Waals surface area contributed by atoms with Gasteiger partial charge in [0, 0.05) is 12.6 Å². The molecule has 2 amide bonds. The fourth-order valence-corrected chi connectivity index (χ4v) is 5.43. The molecule has 0 unspecified atom stereocenters. The van der Waals surface area contributed by atoms with Gasteiger partial charge in [-0.25, -0.2) is 0 Å². The van der Waals surface area contributed by atoms with Gasteiger partial charge in [-0.3, -0.25) is 9.59 Å². The lowest BCUT2D eigenvalue weighted by Crippen LogP contribution is -2.65. The zero-order valence-electron chi connectivity index (χ0n) is 16.3. The first-order chi connectivity index (χ1) is 13.0. The Morgan fingerprint density at radius 3 is 2.74 bits per heavy atom. The molecular formula is C21H29N3O2S. The summed E-state index contributed by atoms with van der Waals surface area (Å²) in [6.07, 6.45) is 7.81. The predicted molar refractivity (Wildman–Crippen MR) is 109 cm³/mol. The fourth-order valence-electron chi connectivity index (χ4n) is 4.61. The lowest BCUT2D eigenvalue weighted by molar-refractivity contribution is -0.133. The molecule has 1 aliphatic carbocycles. The highest BCUT2D eigenvalue weighted by Gasteiger charge is 2.47. The van der Waals surface area contributed by atoms with E-state index >= 15 is 0 Å². The van der Waals surface area contributed by atoms with Crippen LogP contribution in [0.25, 0.3) is 10.2 Å². The van der Waals surface area contributed by atoms with E-state index < -0.39 is 5.54 Å². The van der Waals surface area contributed by atoms with Gasteiger partial charge in [0.15, 0.2) is 0 Å². The first-order valence-electron chi connectivity index (χ1n) is 10.2. The summed E-state index contributed by atoms with van der Waals surface area (Å²) in [4.78, 5) is 28.5. The maximum atomic E-state index is 13.4. The average molecular weight is 388 g/mol. The first-order valence-corrected chi connectivity index (χ1v) is 11.1.